The molecule has 0 aromatic carbocycles. The molecule has 4 nitrogen and oxygen atoms in total. The number of carboxylic acids is 2. The number of aliphatic carboxylic acids is 2. The van der Waals surface area contributed by atoms with Gasteiger partial charge in [-0.05, 0) is 27.2 Å². The van der Waals surface area contributed by atoms with Gasteiger partial charge in [0.05, 0.1) is 10.8 Å². The monoisotopic (exact) mass is 314 g/mol. The summed E-state index contributed by atoms with van der Waals surface area (Å²) in [5.74, 6) is -1.91. The van der Waals surface area contributed by atoms with E-state index in [1.807, 2.05) is 22.6 Å². The Balaban J connectivity index is 4.79. The number of halogens is 1. The Morgan fingerprint density at radius 1 is 1.14 bits per heavy atom. The number of carboxylic acid groups (broad SMARTS) is 2. The number of alkyl halides is 1. The van der Waals surface area contributed by atoms with E-state index in [0.717, 1.165) is 0 Å². The van der Waals surface area contributed by atoms with Crippen LogP contribution in [0.25, 0.3) is 0 Å². The Bertz CT molecular complexity index is 249. The third-order valence-electron chi connectivity index (χ3n) is 2.22. The maximum absolute atomic E-state index is 11.0. The lowest BCUT2D eigenvalue weighted by Crippen LogP contribution is -2.38. The minimum atomic E-state index is -1.00. The summed E-state index contributed by atoms with van der Waals surface area (Å²) in [6, 6.07) is 0. The lowest BCUT2D eigenvalue weighted by molar-refractivity contribution is -0.154. The minimum Gasteiger partial charge on any atom is -0.481 e. The third kappa shape index (κ3) is 3.11. The van der Waals surface area contributed by atoms with Crippen molar-refractivity contribution in [3.63, 3.8) is 0 Å². The number of carbonyl (C=O) groups is 2. The Morgan fingerprint density at radius 2 is 1.57 bits per heavy atom. The Kier molecular flexibility index (Phi) is 4.35. The molecule has 0 radical (unpaired) electrons. The van der Waals surface area contributed by atoms with Crippen LogP contribution in [0, 0.1) is 10.8 Å². The molecule has 1 unspecified atom stereocenters. The van der Waals surface area contributed by atoms with Crippen molar-refractivity contribution in [1.29, 1.82) is 0 Å². The van der Waals surface area contributed by atoms with Crippen LogP contribution in [-0.4, -0.2) is 26.6 Å². The summed E-state index contributed by atoms with van der Waals surface area (Å²) in [4.78, 5) is 21.8. The molecule has 14 heavy (non-hydrogen) atoms. The molecule has 0 aromatic heterocycles. The molecule has 0 aliphatic rings. The molecule has 0 fully saturated rings. The maximum Gasteiger partial charge on any atom is 0.310 e. The van der Waals surface area contributed by atoms with Gasteiger partial charge in [0.1, 0.15) is 0 Å². The van der Waals surface area contributed by atoms with Gasteiger partial charge >= 0.3 is 11.9 Å². The molecule has 1 atom stereocenters. The number of rotatable bonds is 5. The summed E-state index contributed by atoms with van der Waals surface area (Å²) in [5.41, 5.74) is -1.97. The van der Waals surface area contributed by atoms with E-state index < -0.39 is 22.8 Å². The molecule has 0 spiro atoms. The van der Waals surface area contributed by atoms with E-state index in [2.05, 4.69) is 0 Å². The summed E-state index contributed by atoms with van der Waals surface area (Å²) in [5, 5.41) is 17.9. The molecule has 0 aromatic rings. The van der Waals surface area contributed by atoms with Gasteiger partial charge in [0, 0.05) is 4.43 Å². The van der Waals surface area contributed by atoms with Crippen LogP contribution in [0.2, 0.25) is 0 Å². The molecule has 0 saturated heterocycles. The normalized spacial score (nSPS) is 16.0. The molecule has 0 saturated carbocycles. The van der Waals surface area contributed by atoms with Crippen molar-refractivity contribution in [3.8, 4) is 0 Å². The average molecular weight is 314 g/mol. The van der Waals surface area contributed by atoms with Crippen molar-refractivity contribution < 1.29 is 19.8 Å². The lowest BCUT2D eigenvalue weighted by Gasteiger charge is -2.30. The summed E-state index contributed by atoms with van der Waals surface area (Å²) >= 11 is 1.97. The number of hydrogen-bond donors (Lipinski definition) is 2. The zero-order valence-corrected chi connectivity index (χ0v) is 10.7. The first-order chi connectivity index (χ1) is 6.15. The van der Waals surface area contributed by atoms with Gasteiger partial charge in [-0.1, -0.05) is 22.6 Å². The standard InChI is InChI=1S/C9H15IO4/c1-8(2,6(11)12)4-9(3,5-10)7(13)14/h4-5H2,1-3H3,(H,11,12)(H,13,14). The first kappa shape index (κ1) is 13.7. The Labute approximate surface area is 96.8 Å². The fourth-order valence-corrected chi connectivity index (χ4v) is 1.83. The summed E-state index contributed by atoms with van der Waals surface area (Å²) in [6.45, 7) is 4.66. The largest absolute Gasteiger partial charge is 0.481 e. The molecular formula is C9H15IO4. The van der Waals surface area contributed by atoms with Crippen LogP contribution in [0.3, 0.4) is 0 Å². The molecule has 0 amide bonds. The van der Waals surface area contributed by atoms with Gasteiger partial charge < -0.3 is 10.2 Å². The fourth-order valence-electron chi connectivity index (χ4n) is 1.23. The Hall–Kier alpha value is -0.330. The molecule has 0 heterocycles. The molecule has 0 bridgehead atoms. The van der Waals surface area contributed by atoms with Crippen molar-refractivity contribution in [2.75, 3.05) is 4.43 Å². The molecule has 0 rings (SSSR count). The highest BCUT2D eigenvalue weighted by Crippen LogP contribution is 2.35. The molecule has 82 valence electrons. The summed E-state index contributed by atoms with van der Waals surface area (Å²) in [7, 11) is 0. The number of hydrogen-bond acceptors (Lipinski definition) is 2. The van der Waals surface area contributed by atoms with Crippen LogP contribution in [0.4, 0.5) is 0 Å². The van der Waals surface area contributed by atoms with E-state index >= 15 is 0 Å². The highest BCUT2D eigenvalue weighted by atomic mass is 127. The van der Waals surface area contributed by atoms with Gasteiger partial charge in [0.25, 0.3) is 0 Å². The van der Waals surface area contributed by atoms with Gasteiger partial charge in [-0.3, -0.25) is 9.59 Å². The molecule has 0 aliphatic carbocycles. The highest BCUT2D eigenvalue weighted by Gasteiger charge is 2.41. The second kappa shape index (κ2) is 4.46. The lowest BCUT2D eigenvalue weighted by atomic mass is 9.75. The van der Waals surface area contributed by atoms with E-state index in [1.165, 1.54) is 0 Å². The van der Waals surface area contributed by atoms with Crippen LogP contribution in [0.5, 0.6) is 0 Å². The second-order valence-electron chi connectivity index (χ2n) is 4.37. The van der Waals surface area contributed by atoms with E-state index in [1.54, 1.807) is 20.8 Å². The quantitative estimate of drug-likeness (QED) is 0.601. The SMILES string of the molecule is CC(C)(CC(C)(CI)C(=O)O)C(=O)O. The van der Waals surface area contributed by atoms with Gasteiger partial charge in [0.15, 0.2) is 0 Å². The minimum absolute atomic E-state index is 0.133. The van der Waals surface area contributed by atoms with Crippen LogP contribution < -0.4 is 0 Å². The Morgan fingerprint density at radius 3 is 1.79 bits per heavy atom. The predicted octanol–water partition coefficient (Wildman–Crippen LogP) is 2.01. The van der Waals surface area contributed by atoms with Crippen molar-refractivity contribution >= 4 is 34.5 Å². The fraction of sp³-hybridized carbons (Fsp3) is 0.778. The highest BCUT2D eigenvalue weighted by molar-refractivity contribution is 14.1. The van der Waals surface area contributed by atoms with Crippen LogP contribution in [0.15, 0.2) is 0 Å². The molecule has 2 N–H and O–H groups in total. The summed E-state index contributed by atoms with van der Waals surface area (Å²) < 4.78 is 0.400. The van der Waals surface area contributed by atoms with Gasteiger partial charge in [0.2, 0.25) is 0 Å². The van der Waals surface area contributed by atoms with Gasteiger partial charge in [-0.25, -0.2) is 0 Å². The maximum atomic E-state index is 11.0. The van der Waals surface area contributed by atoms with Crippen LogP contribution >= 0.6 is 22.6 Å². The van der Waals surface area contributed by atoms with Gasteiger partial charge in [-0.15, -0.1) is 0 Å². The van der Waals surface area contributed by atoms with Crippen LogP contribution in [-0.2, 0) is 9.59 Å². The van der Waals surface area contributed by atoms with Crippen molar-refractivity contribution in [2.24, 2.45) is 10.8 Å². The smallest absolute Gasteiger partial charge is 0.310 e. The van der Waals surface area contributed by atoms with Crippen molar-refractivity contribution in [3.05, 3.63) is 0 Å². The van der Waals surface area contributed by atoms with E-state index in [9.17, 15) is 9.59 Å². The average Bonchev–Trinajstić information content (AvgIpc) is 2.02. The van der Waals surface area contributed by atoms with Gasteiger partial charge in [-0.2, -0.15) is 0 Å². The van der Waals surface area contributed by atoms with E-state index in [0.29, 0.717) is 4.43 Å². The van der Waals surface area contributed by atoms with Crippen molar-refractivity contribution in [1.82, 2.24) is 0 Å². The molecule has 0 aliphatic heterocycles. The second-order valence-corrected chi connectivity index (χ2v) is 5.13. The molecule has 5 heteroatoms. The van der Waals surface area contributed by atoms with Crippen LogP contribution in [0.1, 0.15) is 27.2 Å². The van der Waals surface area contributed by atoms with E-state index in [4.69, 9.17) is 10.2 Å². The first-order valence-electron chi connectivity index (χ1n) is 4.18. The summed E-state index contributed by atoms with van der Waals surface area (Å²) in [6.07, 6.45) is 0.133. The van der Waals surface area contributed by atoms with Crippen molar-refractivity contribution in [2.45, 2.75) is 27.2 Å². The predicted molar refractivity (Wildman–Crippen MR) is 60.7 cm³/mol. The molecular weight excluding hydrogens is 299 g/mol. The third-order valence-corrected chi connectivity index (χ3v) is 3.91. The first-order valence-corrected chi connectivity index (χ1v) is 5.71. The topological polar surface area (TPSA) is 74.6 Å². The zero-order valence-electron chi connectivity index (χ0n) is 8.50. The van der Waals surface area contributed by atoms with E-state index in [-0.39, 0.29) is 6.42 Å². The zero-order chi connectivity index (χ0) is 11.6.